The fourth-order valence-corrected chi connectivity index (χ4v) is 1.03. The molecule has 0 saturated heterocycles. The van der Waals surface area contributed by atoms with Gasteiger partial charge in [-0.2, -0.15) is 13.5 Å². The fraction of sp³-hybridized carbons (Fsp3) is 0.364. The Morgan fingerprint density at radius 2 is 1.79 bits per heavy atom. The molecule has 108 valence electrons. The van der Waals surface area contributed by atoms with Gasteiger partial charge in [-0.25, -0.2) is 0 Å². The lowest BCUT2D eigenvalue weighted by molar-refractivity contribution is 0.0847. The second kappa shape index (κ2) is 7.72. The Labute approximate surface area is 113 Å². The first-order chi connectivity index (χ1) is 8.61. The summed E-state index contributed by atoms with van der Waals surface area (Å²) in [4.78, 5) is 5.38. The third-order valence-corrected chi connectivity index (χ3v) is 1.53. The standard InChI is InChI=1S/C10H15N3O.CH4O3S/c1-8(2)14-13(10(11)12)9-6-4-3-5-7-9;1-5(2,3)4/h3-8H,1-2H3,(H3,11,12);1H3,(H,2,3,4). The Balaban J connectivity index is 0.000000555. The van der Waals surface area contributed by atoms with Crippen molar-refractivity contribution in [3.8, 4) is 0 Å². The van der Waals surface area contributed by atoms with E-state index in [0.29, 0.717) is 6.26 Å². The number of nitrogens with zero attached hydrogens (tertiary/aromatic N) is 1. The highest BCUT2D eigenvalue weighted by Gasteiger charge is 2.11. The Kier molecular flexibility index (Phi) is 7.05. The third kappa shape index (κ3) is 10.0. The van der Waals surface area contributed by atoms with Crippen LogP contribution < -0.4 is 10.8 Å². The number of hydrogen-bond acceptors (Lipinski definition) is 4. The normalized spacial score (nSPS) is 10.6. The predicted octanol–water partition coefficient (Wildman–Crippen LogP) is 1.23. The number of nitrogens with two attached hydrogens (primary N) is 1. The van der Waals surface area contributed by atoms with Crippen molar-refractivity contribution in [3.63, 3.8) is 0 Å². The van der Waals surface area contributed by atoms with E-state index in [9.17, 15) is 8.42 Å². The van der Waals surface area contributed by atoms with Crippen LogP contribution in [0.5, 0.6) is 0 Å². The Morgan fingerprint density at radius 3 is 2.11 bits per heavy atom. The van der Waals surface area contributed by atoms with Crippen molar-refractivity contribution >= 4 is 21.8 Å². The van der Waals surface area contributed by atoms with Gasteiger partial charge in [-0.15, -0.1) is 0 Å². The highest BCUT2D eigenvalue weighted by Crippen LogP contribution is 2.13. The molecule has 0 atom stereocenters. The van der Waals surface area contributed by atoms with Crippen LogP contribution in [0.25, 0.3) is 0 Å². The summed E-state index contributed by atoms with van der Waals surface area (Å²) in [5.41, 5.74) is 6.16. The van der Waals surface area contributed by atoms with Crippen molar-refractivity contribution in [1.82, 2.24) is 0 Å². The second-order valence-corrected chi connectivity index (χ2v) is 5.37. The Hall–Kier alpha value is -1.64. The topological polar surface area (TPSA) is 117 Å². The zero-order valence-corrected chi connectivity index (χ0v) is 11.9. The van der Waals surface area contributed by atoms with Gasteiger partial charge in [0.2, 0.25) is 5.96 Å². The summed E-state index contributed by atoms with van der Waals surface area (Å²) in [6.07, 6.45) is 0.701. The zero-order valence-electron chi connectivity index (χ0n) is 11.1. The van der Waals surface area contributed by atoms with Crippen LogP contribution in [0.3, 0.4) is 0 Å². The summed E-state index contributed by atoms with van der Waals surface area (Å²) in [6, 6.07) is 9.31. The third-order valence-electron chi connectivity index (χ3n) is 1.53. The van der Waals surface area contributed by atoms with E-state index < -0.39 is 10.1 Å². The van der Waals surface area contributed by atoms with Gasteiger partial charge >= 0.3 is 0 Å². The van der Waals surface area contributed by atoms with Crippen molar-refractivity contribution in [3.05, 3.63) is 30.3 Å². The molecular formula is C11H19N3O4S. The molecule has 1 aromatic rings. The minimum Gasteiger partial charge on any atom is -0.368 e. The van der Waals surface area contributed by atoms with Gasteiger partial charge in [0, 0.05) is 0 Å². The summed E-state index contributed by atoms with van der Waals surface area (Å²) in [7, 11) is -3.67. The molecule has 0 fully saturated rings. The number of para-hydroxylation sites is 1. The van der Waals surface area contributed by atoms with Gasteiger partial charge in [0.1, 0.15) is 0 Å². The number of benzene rings is 1. The molecule has 0 aliphatic rings. The first-order valence-corrected chi connectivity index (χ1v) is 7.24. The maximum atomic E-state index is 9.19. The lowest BCUT2D eigenvalue weighted by atomic mass is 10.3. The van der Waals surface area contributed by atoms with E-state index in [0.717, 1.165) is 5.69 Å². The first kappa shape index (κ1) is 17.4. The lowest BCUT2D eigenvalue weighted by Gasteiger charge is -2.23. The minimum atomic E-state index is -3.67. The molecule has 0 aliphatic heterocycles. The van der Waals surface area contributed by atoms with E-state index in [4.69, 9.17) is 20.5 Å². The van der Waals surface area contributed by atoms with E-state index >= 15 is 0 Å². The molecule has 0 amide bonds. The van der Waals surface area contributed by atoms with Crippen LogP contribution in [0.15, 0.2) is 30.3 Å². The first-order valence-electron chi connectivity index (χ1n) is 5.39. The van der Waals surface area contributed by atoms with Crippen molar-refractivity contribution < 1.29 is 17.8 Å². The molecule has 7 nitrogen and oxygen atoms in total. The van der Waals surface area contributed by atoms with Crippen LogP contribution >= 0.6 is 0 Å². The minimum absolute atomic E-state index is 0.0147. The molecule has 1 rings (SSSR count). The van der Waals surface area contributed by atoms with Crippen LogP contribution in [0.1, 0.15) is 13.8 Å². The Morgan fingerprint density at radius 1 is 1.37 bits per heavy atom. The zero-order chi connectivity index (χ0) is 15.1. The summed E-state index contributed by atoms with van der Waals surface area (Å²) in [6.45, 7) is 3.78. The summed E-state index contributed by atoms with van der Waals surface area (Å²) < 4.78 is 25.9. The lowest BCUT2D eigenvalue weighted by Crippen LogP contribution is -2.38. The monoisotopic (exact) mass is 289 g/mol. The van der Waals surface area contributed by atoms with Gasteiger partial charge in [0.05, 0.1) is 18.0 Å². The van der Waals surface area contributed by atoms with Crippen LogP contribution in [0.2, 0.25) is 0 Å². The molecule has 8 heteroatoms. The number of hydroxylamine groups is 1. The van der Waals surface area contributed by atoms with E-state index in [1.54, 1.807) is 0 Å². The highest BCUT2D eigenvalue weighted by molar-refractivity contribution is 7.85. The molecule has 0 aromatic heterocycles. The average molecular weight is 289 g/mol. The van der Waals surface area contributed by atoms with E-state index in [-0.39, 0.29) is 12.1 Å². The molecule has 0 radical (unpaired) electrons. The van der Waals surface area contributed by atoms with Gasteiger partial charge in [-0.3, -0.25) is 14.8 Å². The van der Waals surface area contributed by atoms with Crippen LogP contribution in [-0.4, -0.2) is 31.3 Å². The molecule has 0 heterocycles. The van der Waals surface area contributed by atoms with Crippen molar-refractivity contribution in [2.75, 3.05) is 11.3 Å². The van der Waals surface area contributed by atoms with Gasteiger partial charge in [0.25, 0.3) is 10.1 Å². The molecule has 0 aliphatic carbocycles. The summed E-state index contributed by atoms with van der Waals surface area (Å²) in [5.74, 6) is -0.120. The molecule has 0 spiro atoms. The quantitative estimate of drug-likeness (QED) is 0.333. The Bertz CT molecular complexity index is 480. The summed E-state index contributed by atoms with van der Waals surface area (Å²) >= 11 is 0. The molecular weight excluding hydrogens is 270 g/mol. The van der Waals surface area contributed by atoms with Gasteiger partial charge in [-0.1, -0.05) is 18.2 Å². The van der Waals surface area contributed by atoms with Gasteiger partial charge < -0.3 is 5.73 Å². The smallest absolute Gasteiger partial charge is 0.261 e. The second-order valence-electron chi connectivity index (χ2n) is 3.90. The highest BCUT2D eigenvalue weighted by atomic mass is 32.2. The maximum Gasteiger partial charge on any atom is 0.261 e. The van der Waals surface area contributed by atoms with E-state index in [1.807, 2.05) is 44.2 Å². The molecule has 0 bridgehead atoms. The largest absolute Gasteiger partial charge is 0.368 e. The SMILES string of the molecule is CC(C)ON(C(=N)N)c1ccccc1.CS(=O)(=O)O. The summed E-state index contributed by atoms with van der Waals surface area (Å²) in [5, 5.41) is 8.67. The molecule has 0 saturated carbocycles. The number of anilines is 1. The van der Waals surface area contributed by atoms with Gasteiger partial charge in [0.15, 0.2) is 0 Å². The molecule has 0 unspecified atom stereocenters. The fourth-order valence-electron chi connectivity index (χ4n) is 1.03. The maximum absolute atomic E-state index is 9.19. The molecule has 19 heavy (non-hydrogen) atoms. The van der Waals surface area contributed by atoms with E-state index in [2.05, 4.69) is 0 Å². The van der Waals surface area contributed by atoms with E-state index in [1.165, 1.54) is 5.06 Å². The predicted molar refractivity (Wildman–Crippen MR) is 74.5 cm³/mol. The van der Waals surface area contributed by atoms with Crippen LogP contribution in [0, 0.1) is 5.41 Å². The van der Waals surface area contributed by atoms with Crippen molar-refractivity contribution in [2.24, 2.45) is 5.73 Å². The average Bonchev–Trinajstić information content (AvgIpc) is 2.24. The number of rotatable bonds is 3. The molecule has 4 N–H and O–H groups in total. The van der Waals surface area contributed by atoms with Crippen molar-refractivity contribution in [2.45, 2.75) is 20.0 Å². The number of hydrogen-bond donors (Lipinski definition) is 3. The van der Waals surface area contributed by atoms with Crippen LogP contribution in [-0.2, 0) is 15.0 Å². The van der Waals surface area contributed by atoms with Crippen LogP contribution in [0.4, 0.5) is 5.69 Å². The van der Waals surface area contributed by atoms with Crippen molar-refractivity contribution in [1.29, 1.82) is 5.41 Å². The molecule has 1 aromatic carbocycles. The van der Waals surface area contributed by atoms with Gasteiger partial charge in [-0.05, 0) is 26.0 Å². The number of nitrogens with one attached hydrogen (secondary N) is 1. The number of guanidine groups is 1.